The van der Waals surface area contributed by atoms with E-state index in [2.05, 4.69) is 104 Å². The van der Waals surface area contributed by atoms with E-state index in [1.54, 1.807) is 6.08 Å². The summed E-state index contributed by atoms with van der Waals surface area (Å²) in [5, 5.41) is 23.1. The lowest BCUT2D eigenvalue weighted by Crippen LogP contribution is -2.45. The zero-order valence-electron chi connectivity index (χ0n) is 40.9. The van der Waals surface area contributed by atoms with Crippen LogP contribution in [0, 0.1) is 0 Å². The fourth-order valence-corrected chi connectivity index (χ4v) is 7.55. The van der Waals surface area contributed by atoms with Crippen LogP contribution in [-0.2, 0) is 4.79 Å². The van der Waals surface area contributed by atoms with E-state index in [9.17, 15) is 15.0 Å². The number of carbonyl (C=O) groups excluding carboxylic acids is 1. The molecule has 0 aromatic rings. The summed E-state index contributed by atoms with van der Waals surface area (Å²) in [6.07, 6.45) is 78.5. The molecule has 356 valence electrons. The van der Waals surface area contributed by atoms with Crippen molar-refractivity contribution in [3.8, 4) is 0 Å². The number of carbonyl (C=O) groups is 1. The summed E-state index contributed by atoms with van der Waals surface area (Å²) in [4.78, 5) is 12.4. The van der Waals surface area contributed by atoms with Gasteiger partial charge in [-0.2, -0.15) is 0 Å². The molecule has 1 amide bonds. The molecule has 0 spiro atoms. The van der Waals surface area contributed by atoms with Crippen LogP contribution in [0.15, 0.2) is 97.2 Å². The van der Waals surface area contributed by atoms with Gasteiger partial charge in [0.2, 0.25) is 5.91 Å². The first-order valence-electron chi connectivity index (χ1n) is 26.5. The number of hydrogen-bond donors (Lipinski definition) is 3. The number of allylic oxidation sites excluding steroid dienone is 15. The number of unbranched alkanes of at least 4 members (excludes halogenated alkanes) is 26. The minimum Gasteiger partial charge on any atom is -0.394 e. The summed E-state index contributed by atoms with van der Waals surface area (Å²) in [6.45, 7) is 4.17. The average Bonchev–Trinajstić information content (AvgIpc) is 3.28. The van der Waals surface area contributed by atoms with Crippen molar-refractivity contribution in [3.63, 3.8) is 0 Å². The summed E-state index contributed by atoms with van der Waals surface area (Å²) in [5.74, 6) is -0.118. The van der Waals surface area contributed by atoms with Gasteiger partial charge in [0.15, 0.2) is 0 Å². The normalized spacial score (nSPS) is 13.7. The number of aliphatic hydroxyl groups excluding tert-OH is 2. The average molecular weight is 860 g/mol. The van der Waals surface area contributed by atoms with Crippen LogP contribution < -0.4 is 5.32 Å². The maximum atomic E-state index is 12.4. The van der Waals surface area contributed by atoms with Crippen molar-refractivity contribution in [2.75, 3.05) is 6.61 Å². The van der Waals surface area contributed by atoms with E-state index < -0.39 is 12.1 Å². The predicted molar refractivity (Wildman–Crippen MR) is 276 cm³/mol. The highest BCUT2D eigenvalue weighted by molar-refractivity contribution is 5.76. The molecule has 0 aromatic carbocycles. The van der Waals surface area contributed by atoms with Gasteiger partial charge in [0.25, 0.3) is 0 Å². The topological polar surface area (TPSA) is 69.6 Å². The molecule has 2 atom stereocenters. The van der Waals surface area contributed by atoms with Crippen LogP contribution >= 0.6 is 0 Å². The quantitative estimate of drug-likeness (QED) is 0.0422. The highest BCUT2D eigenvalue weighted by Gasteiger charge is 2.17. The van der Waals surface area contributed by atoms with Crippen LogP contribution in [0.2, 0.25) is 0 Å². The molecule has 0 aliphatic heterocycles. The van der Waals surface area contributed by atoms with E-state index in [1.165, 1.54) is 148 Å². The third kappa shape index (κ3) is 48.3. The molecule has 2 unspecified atom stereocenters. The second kappa shape index (κ2) is 52.7. The molecule has 62 heavy (non-hydrogen) atoms. The molecule has 0 saturated heterocycles. The molecule has 4 nitrogen and oxygen atoms in total. The van der Waals surface area contributed by atoms with E-state index in [-0.39, 0.29) is 12.5 Å². The first-order chi connectivity index (χ1) is 30.7. The lowest BCUT2D eigenvalue weighted by Gasteiger charge is -2.19. The summed E-state index contributed by atoms with van der Waals surface area (Å²) in [6, 6.07) is -0.670. The van der Waals surface area contributed by atoms with Gasteiger partial charge in [-0.1, -0.05) is 252 Å². The van der Waals surface area contributed by atoms with E-state index in [4.69, 9.17) is 0 Å². The maximum absolute atomic E-state index is 12.4. The van der Waals surface area contributed by atoms with Crippen molar-refractivity contribution < 1.29 is 15.0 Å². The zero-order valence-corrected chi connectivity index (χ0v) is 40.9. The van der Waals surface area contributed by atoms with Crippen LogP contribution in [-0.4, -0.2) is 34.9 Å². The third-order valence-electron chi connectivity index (χ3n) is 11.6. The predicted octanol–water partition coefficient (Wildman–Crippen LogP) is 17.4. The molecule has 0 fully saturated rings. The van der Waals surface area contributed by atoms with Crippen molar-refractivity contribution in [2.45, 2.75) is 257 Å². The van der Waals surface area contributed by atoms with Crippen molar-refractivity contribution in [3.05, 3.63) is 97.2 Å². The van der Waals surface area contributed by atoms with Crippen LogP contribution in [0.3, 0.4) is 0 Å². The minimum atomic E-state index is -0.888. The Kier molecular flexibility index (Phi) is 50.4. The fraction of sp³-hybridized carbons (Fsp3) is 0.707. The van der Waals surface area contributed by atoms with Crippen LogP contribution in [0.5, 0.6) is 0 Å². The van der Waals surface area contributed by atoms with Gasteiger partial charge < -0.3 is 15.5 Å². The van der Waals surface area contributed by atoms with Crippen molar-refractivity contribution in [2.24, 2.45) is 0 Å². The van der Waals surface area contributed by atoms with E-state index in [0.29, 0.717) is 6.42 Å². The van der Waals surface area contributed by atoms with Gasteiger partial charge in [0.1, 0.15) is 0 Å². The molecule has 0 heterocycles. The highest BCUT2D eigenvalue weighted by atomic mass is 16.3. The van der Waals surface area contributed by atoms with Gasteiger partial charge in [-0.15, -0.1) is 0 Å². The number of rotatable bonds is 47. The minimum absolute atomic E-state index is 0.118. The first-order valence-corrected chi connectivity index (χ1v) is 26.5. The standard InChI is InChI=1S/C58H101NO3/c1-3-5-7-9-11-13-15-17-19-21-23-25-26-27-28-29-30-31-32-34-35-37-39-41-43-45-47-49-51-53-57(61)56(55-60)59-58(62)54-52-50-48-46-44-42-40-38-36-33-24-22-20-18-16-14-12-10-8-6-4-2/h6,8,12,14,18,20,24,33,38,40,43-46,51,53,56-57,60-61H,3-5,7,9-11,13,15-17,19,21-23,25-32,34-37,39,41-42,47-50,52,54-55H2,1-2H3,(H,59,62)/b8-6-,14-12-,20-18-,33-24-,40-38-,45-43+,46-44-,53-51+. The molecule has 0 radical (unpaired) electrons. The SMILES string of the molecule is CC/C=C\C/C=C\C/C=C\C/C=C\C/C=C\C/C=C\CCCCC(=O)NC(CO)C(O)/C=C/CC/C=C/CCCCCCCCCCCCCCCCCCCCCCCCC. The van der Waals surface area contributed by atoms with Crippen LogP contribution in [0.25, 0.3) is 0 Å². The van der Waals surface area contributed by atoms with Crippen LogP contribution in [0.4, 0.5) is 0 Å². The smallest absolute Gasteiger partial charge is 0.220 e. The molecule has 0 aromatic heterocycles. The Morgan fingerprint density at radius 3 is 1.13 bits per heavy atom. The molecule has 0 aliphatic rings. The second-order valence-corrected chi connectivity index (χ2v) is 17.6. The van der Waals surface area contributed by atoms with Gasteiger partial charge in [0, 0.05) is 6.42 Å². The maximum Gasteiger partial charge on any atom is 0.220 e. The van der Waals surface area contributed by atoms with Crippen molar-refractivity contribution in [1.82, 2.24) is 5.32 Å². The number of amides is 1. The Labute approximate surface area is 385 Å². The lowest BCUT2D eigenvalue weighted by molar-refractivity contribution is -0.123. The molecule has 0 bridgehead atoms. The third-order valence-corrected chi connectivity index (χ3v) is 11.6. The van der Waals surface area contributed by atoms with Gasteiger partial charge in [-0.25, -0.2) is 0 Å². The Hall–Kier alpha value is -2.69. The summed E-state index contributed by atoms with van der Waals surface area (Å²) in [5.41, 5.74) is 0. The van der Waals surface area contributed by atoms with Crippen LogP contribution in [0.1, 0.15) is 245 Å². The van der Waals surface area contributed by atoms with Gasteiger partial charge in [0.05, 0.1) is 18.8 Å². The molecular formula is C58H101NO3. The van der Waals surface area contributed by atoms with Gasteiger partial charge in [-0.05, 0) is 83.5 Å². The largest absolute Gasteiger partial charge is 0.394 e. The van der Waals surface area contributed by atoms with E-state index in [0.717, 1.165) is 77.0 Å². The van der Waals surface area contributed by atoms with Gasteiger partial charge >= 0.3 is 0 Å². The molecular weight excluding hydrogens is 759 g/mol. The molecule has 0 aliphatic carbocycles. The summed E-state index contributed by atoms with van der Waals surface area (Å²) >= 11 is 0. The molecule has 3 N–H and O–H groups in total. The Morgan fingerprint density at radius 1 is 0.403 bits per heavy atom. The zero-order chi connectivity index (χ0) is 44.9. The highest BCUT2D eigenvalue weighted by Crippen LogP contribution is 2.16. The molecule has 4 heteroatoms. The number of hydrogen-bond acceptors (Lipinski definition) is 3. The monoisotopic (exact) mass is 860 g/mol. The number of aliphatic hydroxyl groups is 2. The Balaban J connectivity index is 3.63. The first kappa shape index (κ1) is 59.3. The van der Waals surface area contributed by atoms with E-state index >= 15 is 0 Å². The fourth-order valence-electron chi connectivity index (χ4n) is 7.55. The lowest BCUT2D eigenvalue weighted by atomic mass is 10.0. The van der Waals surface area contributed by atoms with E-state index in [1.807, 2.05) is 6.08 Å². The summed E-state index contributed by atoms with van der Waals surface area (Å²) < 4.78 is 0. The molecule has 0 saturated carbocycles. The Bertz CT molecular complexity index is 1160. The second-order valence-electron chi connectivity index (χ2n) is 17.6. The van der Waals surface area contributed by atoms with Gasteiger partial charge in [-0.3, -0.25) is 4.79 Å². The van der Waals surface area contributed by atoms with Crippen molar-refractivity contribution >= 4 is 5.91 Å². The summed E-state index contributed by atoms with van der Waals surface area (Å²) in [7, 11) is 0. The molecule has 0 rings (SSSR count). The Morgan fingerprint density at radius 2 is 0.726 bits per heavy atom. The number of nitrogens with one attached hydrogen (secondary N) is 1. The van der Waals surface area contributed by atoms with Crippen molar-refractivity contribution in [1.29, 1.82) is 0 Å².